The van der Waals surface area contributed by atoms with Gasteiger partial charge in [-0.25, -0.2) is 9.40 Å². The molecule has 0 N–H and O–H groups in total. The average molecular weight is 494 g/mol. The van der Waals surface area contributed by atoms with Crippen molar-refractivity contribution in [2.24, 2.45) is 5.10 Å². The van der Waals surface area contributed by atoms with Crippen LogP contribution in [-0.2, 0) is 0 Å². The van der Waals surface area contributed by atoms with Gasteiger partial charge in [0.2, 0.25) is 12.1 Å². The lowest BCUT2D eigenvalue weighted by Gasteiger charge is -2.38. The van der Waals surface area contributed by atoms with Crippen LogP contribution in [0, 0.1) is 5.82 Å². The Hall–Kier alpha value is -3.35. The third-order valence-electron chi connectivity index (χ3n) is 6.33. The lowest BCUT2D eigenvalue weighted by molar-refractivity contribution is -0.0180. The van der Waals surface area contributed by atoms with Gasteiger partial charge in [0.15, 0.2) is 0 Å². The Morgan fingerprint density at radius 3 is 2.62 bits per heavy atom. The molecular formula is C26H18Cl2FN3O2. The van der Waals surface area contributed by atoms with Crippen LogP contribution in [0.1, 0.15) is 47.1 Å². The van der Waals surface area contributed by atoms with Gasteiger partial charge < -0.3 is 4.74 Å². The molecule has 34 heavy (non-hydrogen) atoms. The van der Waals surface area contributed by atoms with Gasteiger partial charge in [0.05, 0.1) is 22.3 Å². The van der Waals surface area contributed by atoms with Crippen molar-refractivity contribution < 1.29 is 13.9 Å². The molecule has 1 aromatic heterocycles. The molecule has 0 saturated carbocycles. The highest BCUT2D eigenvalue weighted by Crippen LogP contribution is 2.51. The van der Waals surface area contributed by atoms with E-state index in [4.69, 9.17) is 33.0 Å². The van der Waals surface area contributed by atoms with Gasteiger partial charge in [-0.2, -0.15) is 5.10 Å². The second-order valence-corrected chi connectivity index (χ2v) is 9.26. The predicted octanol–water partition coefficient (Wildman–Crippen LogP) is 6.99. The first-order chi connectivity index (χ1) is 16.4. The summed E-state index contributed by atoms with van der Waals surface area (Å²) < 4.78 is 21.6. The Balaban J connectivity index is 1.54. The number of ether oxygens (including phenoxy) is 1. The number of carbonyl (C=O) groups excluding carboxylic acids is 1. The fourth-order valence-electron chi connectivity index (χ4n) is 4.80. The first-order valence-corrected chi connectivity index (χ1v) is 11.5. The fraction of sp³-hybridized carbons (Fsp3) is 0.154. The molecule has 170 valence electrons. The van der Waals surface area contributed by atoms with Gasteiger partial charge in [-0.05, 0) is 35.9 Å². The van der Waals surface area contributed by atoms with E-state index in [0.29, 0.717) is 22.2 Å². The number of hydrazone groups is 1. The minimum atomic E-state index is -0.625. The largest absolute Gasteiger partial charge is 0.463 e. The Morgan fingerprint density at radius 1 is 1.09 bits per heavy atom. The zero-order valence-electron chi connectivity index (χ0n) is 18.0. The summed E-state index contributed by atoms with van der Waals surface area (Å²) in [5, 5.41) is 8.61. The highest BCUT2D eigenvalue weighted by molar-refractivity contribution is 6.35. The van der Waals surface area contributed by atoms with E-state index in [9.17, 15) is 9.18 Å². The molecule has 2 aliphatic heterocycles. The van der Waals surface area contributed by atoms with Crippen molar-refractivity contribution in [3.8, 4) is 5.75 Å². The lowest BCUT2D eigenvalue weighted by atomic mass is 9.95. The lowest BCUT2D eigenvalue weighted by Crippen LogP contribution is -2.33. The number of fused-ring (bicyclic) bond motifs is 4. The quantitative estimate of drug-likeness (QED) is 0.302. The molecule has 0 amide bonds. The van der Waals surface area contributed by atoms with Gasteiger partial charge in [0.25, 0.3) is 0 Å². The molecule has 3 heterocycles. The average Bonchev–Trinajstić information content (AvgIpc) is 3.42. The summed E-state index contributed by atoms with van der Waals surface area (Å²) in [5.41, 5.74) is 4.06. The smallest absolute Gasteiger partial charge is 0.227 e. The zero-order valence-corrected chi connectivity index (χ0v) is 19.5. The third-order valence-corrected chi connectivity index (χ3v) is 6.83. The standard InChI is InChI=1S/C26H18Cl2FN3O2/c1-14(33)31-13-20(18-4-2-3-5-23(18)31)26-32-24(19-10-16(27)11-21(28)25(19)34-26)12-22(30-32)15-6-8-17(29)9-7-15/h2-11,13,24,26H,12H2,1H3/t24-,26-/m0/s1. The molecule has 0 unspecified atom stereocenters. The molecule has 0 saturated heterocycles. The molecule has 5 nitrogen and oxygen atoms in total. The van der Waals surface area contributed by atoms with Crippen LogP contribution in [0.25, 0.3) is 10.9 Å². The minimum Gasteiger partial charge on any atom is -0.463 e. The van der Waals surface area contributed by atoms with Crippen molar-refractivity contribution in [3.63, 3.8) is 0 Å². The van der Waals surface area contributed by atoms with E-state index in [-0.39, 0.29) is 17.8 Å². The van der Waals surface area contributed by atoms with Crippen molar-refractivity contribution >= 4 is 45.7 Å². The molecule has 0 aliphatic carbocycles. The van der Waals surface area contributed by atoms with E-state index < -0.39 is 6.23 Å². The van der Waals surface area contributed by atoms with E-state index in [1.807, 2.05) is 35.3 Å². The summed E-state index contributed by atoms with van der Waals surface area (Å²) in [6, 6.07) is 17.3. The van der Waals surface area contributed by atoms with Gasteiger partial charge in [0.1, 0.15) is 11.6 Å². The maximum atomic E-state index is 13.5. The topological polar surface area (TPSA) is 46.8 Å². The van der Waals surface area contributed by atoms with Crippen LogP contribution in [0.2, 0.25) is 10.0 Å². The predicted molar refractivity (Wildman–Crippen MR) is 130 cm³/mol. The van der Waals surface area contributed by atoms with Crippen LogP contribution >= 0.6 is 23.2 Å². The summed E-state index contributed by atoms with van der Waals surface area (Å²) in [6.07, 6.45) is 1.75. The molecule has 0 fully saturated rings. The van der Waals surface area contributed by atoms with Gasteiger partial charge in [-0.15, -0.1) is 0 Å². The van der Waals surface area contributed by atoms with E-state index in [1.165, 1.54) is 19.1 Å². The van der Waals surface area contributed by atoms with Crippen LogP contribution in [0.15, 0.2) is 72.0 Å². The van der Waals surface area contributed by atoms with Crippen LogP contribution in [0.5, 0.6) is 5.75 Å². The number of nitrogens with zero attached hydrogens (tertiary/aromatic N) is 3. The van der Waals surface area contributed by atoms with Crippen LogP contribution < -0.4 is 4.74 Å². The number of carbonyl (C=O) groups is 1. The Kier molecular flexibility index (Phi) is 4.90. The molecule has 2 aliphatic rings. The van der Waals surface area contributed by atoms with Crippen molar-refractivity contribution in [3.05, 3.63) is 99.4 Å². The van der Waals surface area contributed by atoms with Crippen molar-refractivity contribution in [2.75, 3.05) is 0 Å². The molecular weight excluding hydrogens is 476 g/mol. The maximum Gasteiger partial charge on any atom is 0.227 e. The SMILES string of the molecule is CC(=O)n1cc([C@@H]2Oc3c(Cl)cc(Cl)cc3[C@@H]3CC(c4ccc(F)cc4)=NN32)c2ccccc21. The Labute approximate surface area is 204 Å². The number of aromatic nitrogens is 1. The molecule has 0 spiro atoms. The maximum absolute atomic E-state index is 13.5. The van der Waals surface area contributed by atoms with Gasteiger partial charge in [-0.1, -0.05) is 53.5 Å². The number of hydrogen-bond donors (Lipinski definition) is 0. The number of rotatable bonds is 2. The first kappa shape index (κ1) is 21.2. The number of benzene rings is 3. The second kappa shape index (κ2) is 7.86. The van der Waals surface area contributed by atoms with Gasteiger partial charge in [-0.3, -0.25) is 9.36 Å². The van der Waals surface area contributed by atoms with E-state index >= 15 is 0 Å². The normalized spacial score (nSPS) is 18.9. The second-order valence-electron chi connectivity index (χ2n) is 8.42. The molecule has 2 atom stereocenters. The molecule has 6 rings (SSSR count). The highest BCUT2D eigenvalue weighted by Gasteiger charge is 2.43. The molecule has 4 aromatic rings. The minimum absolute atomic E-state index is 0.100. The Morgan fingerprint density at radius 2 is 1.85 bits per heavy atom. The van der Waals surface area contributed by atoms with E-state index in [1.54, 1.807) is 29.0 Å². The summed E-state index contributed by atoms with van der Waals surface area (Å²) in [4.78, 5) is 12.4. The fourth-order valence-corrected chi connectivity index (χ4v) is 5.35. The first-order valence-electron chi connectivity index (χ1n) is 10.8. The summed E-state index contributed by atoms with van der Waals surface area (Å²) >= 11 is 12.9. The number of halogens is 3. The van der Waals surface area contributed by atoms with Gasteiger partial charge >= 0.3 is 0 Å². The highest BCUT2D eigenvalue weighted by atomic mass is 35.5. The van der Waals surface area contributed by atoms with Crippen molar-refractivity contribution in [1.82, 2.24) is 9.58 Å². The molecule has 0 radical (unpaired) electrons. The number of para-hydroxylation sites is 1. The number of hydrogen-bond acceptors (Lipinski definition) is 4. The van der Waals surface area contributed by atoms with Crippen LogP contribution in [0.4, 0.5) is 4.39 Å². The zero-order chi connectivity index (χ0) is 23.6. The third kappa shape index (κ3) is 3.29. The summed E-state index contributed by atoms with van der Waals surface area (Å²) in [5.74, 6) is 0.145. The molecule has 8 heteroatoms. The molecule has 0 bridgehead atoms. The van der Waals surface area contributed by atoms with Gasteiger partial charge in [0, 0.05) is 41.1 Å². The van der Waals surface area contributed by atoms with Crippen molar-refractivity contribution in [2.45, 2.75) is 25.6 Å². The Bertz CT molecular complexity index is 1500. The monoisotopic (exact) mass is 493 g/mol. The van der Waals surface area contributed by atoms with Crippen LogP contribution in [0.3, 0.4) is 0 Å². The summed E-state index contributed by atoms with van der Waals surface area (Å²) in [6.45, 7) is 1.52. The summed E-state index contributed by atoms with van der Waals surface area (Å²) in [7, 11) is 0. The van der Waals surface area contributed by atoms with Crippen molar-refractivity contribution in [1.29, 1.82) is 0 Å². The van der Waals surface area contributed by atoms with E-state index in [2.05, 4.69) is 0 Å². The molecule has 3 aromatic carbocycles. The van der Waals surface area contributed by atoms with Crippen LogP contribution in [-0.4, -0.2) is 21.2 Å². The van der Waals surface area contributed by atoms with E-state index in [0.717, 1.165) is 33.3 Å².